The summed E-state index contributed by atoms with van der Waals surface area (Å²) in [6, 6.07) is 5.77. The molecule has 0 fully saturated rings. The standard InChI is InChI=1S/C16H19FO3S/c1-5-16(10-12(2)11-21(4,18)19)20-13(3)14-6-8-15(17)9-7-14/h6-10H,2-3,5,11H2,1,4H3/b16-10+. The predicted octanol–water partition coefficient (Wildman–Crippen LogP) is 3.71. The first-order valence-corrected chi connectivity index (χ1v) is 8.46. The number of rotatable bonds is 7. The quantitative estimate of drug-likeness (QED) is 0.569. The fraction of sp³-hybridized carbons (Fsp3) is 0.250. The van der Waals surface area contributed by atoms with E-state index in [9.17, 15) is 12.8 Å². The second-order valence-corrected chi connectivity index (χ2v) is 6.86. The Balaban J connectivity index is 2.80. The third kappa shape index (κ3) is 6.40. The Morgan fingerprint density at radius 3 is 2.33 bits per heavy atom. The van der Waals surface area contributed by atoms with E-state index in [0.717, 1.165) is 6.26 Å². The molecule has 0 aliphatic heterocycles. The van der Waals surface area contributed by atoms with Crippen LogP contribution in [0.5, 0.6) is 0 Å². The molecular weight excluding hydrogens is 291 g/mol. The Labute approximate surface area is 125 Å². The van der Waals surface area contributed by atoms with Gasteiger partial charge in [-0.3, -0.25) is 0 Å². The molecule has 21 heavy (non-hydrogen) atoms. The zero-order valence-electron chi connectivity index (χ0n) is 12.2. The Morgan fingerprint density at radius 1 is 1.29 bits per heavy atom. The van der Waals surface area contributed by atoms with Crippen LogP contribution >= 0.6 is 0 Å². The van der Waals surface area contributed by atoms with Crippen LogP contribution in [0, 0.1) is 5.82 Å². The minimum absolute atomic E-state index is 0.122. The first-order chi connectivity index (χ1) is 9.71. The third-order valence-electron chi connectivity index (χ3n) is 2.58. The summed E-state index contributed by atoms with van der Waals surface area (Å²) in [5, 5.41) is 0. The maximum absolute atomic E-state index is 12.9. The van der Waals surface area contributed by atoms with Gasteiger partial charge in [0, 0.05) is 18.2 Å². The van der Waals surface area contributed by atoms with Crippen molar-refractivity contribution in [2.75, 3.05) is 12.0 Å². The van der Waals surface area contributed by atoms with Crippen molar-refractivity contribution in [2.24, 2.45) is 0 Å². The second kappa shape index (κ2) is 7.22. The summed E-state index contributed by atoms with van der Waals surface area (Å²) in [5.41, 5.74) is 1.10. The molecule has 0 saturated carbocycles. The van der Waals surface area contributed by atoms with Gasteiger partial charge in [0.25, 0.3) is 0 Å². The van der Waals surface area contributed by atoms with Crippen LogP contribution in [-0.4, -0.2) is 20.4 Å². The van der Waals surface area contributed by atoms with Crippen LogP contribution in [-0.2, 0) is 14.6 Å². The summed E-state index contributed by atoms with van der Waals surface area (Å²) in [6.45, 7) is 9.37. The van der Waals surface area contributed by atoms with E-state index in [1.54, 1.807) is 18.2 Å². The molecule has 0 atom stereocenters. The highest BCUT2D eigenvalue weighted by Gasteiger charge is 2.07. The van der Waals surface area contributed by atoms with Crippen molar-refractivity contribution in [3.05, 3.63) is 66.2 Å². The molecule has 0 aliphatic carbocycles. The van der Waals surface area contributed by atoms with Crippen LogP contribution in [0.25, 0.3) is 5.76 Å². The first-order valence-electron chi connectivity index (χ1n) is 6.40. The molecule has 0 radical (unpaired) electrons. The van der Waals surface area contributed by atoms with Gasteiger partial charge in [-0.15, -0.1) is 0 Å². The van der Waals surface area contributed by atoms with Gasteiger partial charge in [0.2, 0.25) is 0 Å². The van der Waals surface area contributed by atoms with Crippen molar-refractivity contribution in [1.29, 1.82) is 0 Å². The smallest absolute Gasteiger partial charge is 0.151 e. The third-order valence-corrected chi connectivity index (χ3v) is 3.48. The summed E-state index contributed by atoms with van der Waals surface area (Å²) in [5.74, 6) is 0.468. The molecule has 0 amide bonds. The molecule has 0 aliphatic rings. The number of hydrogen-bond donors (Lipinski definition) is 0. The van der Waals surface area contributed by atoms with Gasteiger partial charge >= 0.3 is 0 Å². The topological polar surface area (TPSA) is 43.4 Å². The summed E-state index contributed by atoms with van der Waals surface area (Å²) < 4.78 is 40.9. The Kier molecular flexibility index (Phi) is 5.90. The molecule has 0 saturated heterocycles. The van der Waals surface area contributed by atoms with Crippen LogP contribution in [0.4, 0.5) is 4.39 Å². The lowest BCUT2D eigenvalue weighted by molar-refractivity contribution is 0.368. The van der Waals surface area contributed by atoms with Crippen LogP contribution in [0.2, 0.25) is 0 Å². The van der Waals surface area contributed by atoms with Gasteiger partial charge in [-0.05, 0) is 35.9 Å². The molecule has 0 N–H and O–H groups in total. The summed E-state index contributed by atoms with van der Waals surface area (Å²) in [6.07, 6.45) is 3.30. The van der Waals surface area contributed by atoms with Crippen molar-refractivity contribution < 1.29 is 17.5 Å². The van der Waals surface area contributed by atoms with E-state index in [4.69, 9.17) is 4.74 Å². The Bertz CT molecular complexity index is 655. The monoisotopic (exact) mass is 310 g/mol. The van der Waals surface area contributed by atoms with Gasteiger partial charge < -0.3 is 4.74 Å². The van der Waals surface area contributed by atoms with Crippen molar-refractivity contribution in [1.82, 2.24) is 0 Å². The molecule has 114 valence electrons. The fourth-order valence-corrected chi connectivity index (χ4v) is 2.42. The minimum Gasteiger partial charge on any atom is -0.462 e. The number of benzene rings is 1. The minimum atomic E-state index is -3.13. The van der Waals surface area contributed by atoms with Crippen LogP contribution in [0.3, 0.4) is 0 Å². The number of ether oxygens (including phenoxy) is 1. The number of halogens is 1. The molecule has 0 bridgehead atoms. The Hall–Kier alpha value is -1.88. The van der Waals surface area contributed by atoms with E-state index >= 15 is 0 Å². The second-order valence-electron chi connectivity index (χ2n) is 4.72. The molecule has 0 unspecified atom stereocenters. The van der Waals surface area contributed by atoms with E-state index in [0.29, 0.717) is 29.1 Å². The number of allylic oxidation sites excluding steroid dienone is 2. The number of hydrogen-bond acceptors (Lipinski definition) is 3. The van der Waals surface area contributed by atoms with E-state index in [1.165, 1.54) is 12.1 Å². The average molecular weight is 310 g/mol. The van der Waals surface area contributed by atoms with Crippen LogP contribution in [0.1, 0.15) is 18.9 Å². The van der Waals surface area contributed by atoms with E-state index in [2.05, 4.69) is 13.2 Å². The maximum Gasteiger partial charge on any atom is 0.151 e. The lowest BCUT2D eigenvalue weighted by atomic mass is 10.2. The van der Waals surface area contributed by atoms with Gasteiger partial charge in [0.1, 0.15) is 17.3 Å². The van der Waals surface area contributed by atoms with Crippen molar-refractivity contribution >= 4 is 15.6 Å². The summed E-state index contributed by atoms with van der Waals surface area (Å²) in [7, 11) is -3.13. The largest absolute Gasteiger partial charge is 0.462 e. The Morgan fingerprint density at radius 2 is 1.86 bits per heavy atom. The van der Waals surface area contributed by atoms with E-state index < -0.39 is 9.84 Å². The molecule has 1 rings (SSSR count). The average Bonchev–Trinajstić information content (AvgIpc) is 2.36. The van der Waals surface area contributed by atoms with Gasteiger partial charge in [-0.2, -0.15) is 0 Å². The van der Waals surface area contributed by atoms with Gasteiger partial charge in [-0.1, -0.05) is 20.1 Å². The van der Waals surface area contributed by atoms with Crippen LogP contribution in [0.15, 0.2) is 54.8 Å². The zero-order chi connectivity index (χ0) is 16.0. The summed E-state index contributed by atoms with van der Waals surface area (Å²) >= 11 is 0. The first kappa shape index (κ1) is 17.2. The van der Waals surface area contributed by atoms with Gasteiger partial charge in [-0.25, -0.2) is 12.8 Å². The lowest BCUT2D eigenvalue weighted by Gasteiger charge is -2.12. The van der Waals surface area contributed by atoms with Crippen LogP contribution < -0.4 is 0 Å². The van der Waals surface area contributed by atoms with Gasteiger partial charge in [0.15, 0.2) is 9.84 Å². The normalized spacial score (nSPS) is 12.0. The summed E-state index contributed by atoms with van der Waals surface area (Å²) in [4.78, 5) is 0. The van der Waals surface area contributed by atoms with Crippen molar-refractivity contribution in [3.8, 4) is 0 Å². The highest BCUT2D eigenvalue weighted by Crippen LogP contribution is 2.20. The molecule has 0 spiro atoms. The van der Waals surface area contributed by atoms with E-state index in [1.807, 2.05) is 6.92 Å². The van der Waals surface area contributed by atoms with Gasteiger partial charge in [0.05, 0.1) is 5.75 Å². The molecule has 0 aromatic heterocycles. The molecule has 5 heteroatoms. The maximum atomic E-state index is 12.9. The fourth-order valence-electron chi connectivity index (χ4n) is 1.66. The predicted molar refractivity (Wildman–Crippen MR) is 83.7 cm³/mol. The molecular formula is C16H19FO3S. The molecule has 1 aromatic carbocycles. The lowest BCUT2D eigenvalue weighted by Crippen LogP contribution is -2.04. The SMILES string of the molecule is C=C(/C=C(\CC)OC(=C)c1ccc(F)cc1)CS(C)(=O)=O. The molecule has 0 heterocycles. The highest BCUT2D eigenvalue weighted by molar-refractivity contribution is 7.90. The van der Waals surface area contributed by atoms with Crippen molar-refractivity contribution in [3.63, 3.8) is 0 Å². The molecule has 3 nitrogen and oxygen atoms in total. The van der Waals surface area contributed by atoms with Crippen molar-refractivity contribution in [2.45, 2.75) is 13.3 Å². The number of sulfone groups is 1. The van der Waals surface area contributed by atoms with E-state index in [-0.39, 0.29) is 11.6 Å². The zero-order valence-corrected chi connectivity index (χ0v) is 13.0. The highest BCUT2D eigenvalue weighted by atomic mass is 32.2. The molecule has 1 aromatic rings.